The van der Waals surface area contributed by atoms with Crippen LogP contribution in [0.1, 0.15) is 16.8 Å². The molecule has 0 saturated carbocycles. The maximum atomic E-state index is 11.9. The molecule has 0 aliphatic rings. The zero-order valence-electron chi connectivity index (χ0n) is 8.21. The molecule has 1 aromatic carbocycles. The van der Waals surface area contributed by atoms with Gasteiger partial charge < -0.3 is 10.4 Å². The van der Waals surface area contributed by atoms with Crippen molar-refractivity contribution in [3.8, 4) is 0 Å². The molecule has 6 heteroatoms. The molecule has 88 valence electrons. The van der Waals surface area contributed by atoms with Gasteiger partial charge in [0.05, 0.1) is 12.0 Å². The normalized spacial score (nSPS) is 11.2. The number of halogens is 3. The Kier molecular flexibility index (Phi) is 3.76. The number of hydrogen-bond donors (Lipinski definition) is 2. The second-order valence-electron chi connectivity index (χ2n) is 3.14. The highest BCUT2D eigenvalue weighted by Crippen LogP contribution is 2.20. The Morgan fingerprint density at radius 2 is 1.94 bits per heavy atom. The summed E-state index contributed by atoms with van der Waals surface area (Å²) < 4.78 is 35.6. The van der Waals surface area contributed by atoms with Crippen LogP contribution in [0.4, 0.5) is 18.9 Å². The van der Waals surface area contributed by atoms with Crippen LogP contribution in [-0.2, 0) is 0 Å². The molecule has 1 aromatic rings. The number of hydrogen-bond acceptors (Lipinski definition) is 2. The average molecular weight is 233 g/mol. The molecule has 3 nitrogen and oxygen atoms in total. The highest BCUT2D eigenvalue weighted by Gasteiger charge is 2.26. The summed E-state index contributed by atoms with van der Waals surface area (Å²) in [6.07, 6.45) is -5.24. The molecular weight excluding hydrogens is 223 g/mol. The van der Waals surface area contributed by atoms with Gasteiger partial charge in [-0.1, -0.05) is 12.1 Å². The first-order valence-electron chi connectivity index (χ1n) is 4.53. The molecule has 0 saturated heterocycles. The second kappa shape index (κ2) is 4.87. The number of carboxylic acids is 1. The van der Waals surface area contributed by atoms with Crippen LogP contribution in [0.15, 0.2) is 24.3 Å². The molecule has 0 aromatic heterocycles. The van der Waals surface area contributed by atoms with Crippen molar-refractivity contribution < 1.29 is 23.1 Å². The van der Waals surface area contributed by atoms with E-state index in [0.717, 1.165) is 0 Å². The number of aromatic carboxylic acids is 1. The summed E-state index contributed by atoms with van der Waals surface area (Å²) in [5.74, 6) is -1.17. The quantitative estimate of drug-likeness (QED) is 0.840. The number of alkyl halides is 3. The molecular formula is C10H10F3NO2. The summed E-state index contributed by atoms with van der Waals surface area (Å²) >= 11 is 0. The third-order valence-electron chi connectivity index (χ3n) is 1.88. The summed E-state index contributed by atoms with van der Waals surface area (Å²) in [7, 11) is 0. The maximum absolute atomic E-state index is 11.9. The topological polar surface area (TPSA) is 49.3 Å². The van der Waals surface area contributed by atoms with Gasteiger partial charge in [-0.3, -0.25) is 0 Å². The number of anilines is 1. The van der Waals surface area contributed by atoms with Gasteiger partial charge in [0.15, 0.2) is 0 Å². The SMILES string of the molecule is O=C(O)c1ccccc1NCCC(F)(F)F. The predicted octanol–water partition coefficient (Wildman–Crippen LogP) is 2.75. The number of carbonyl (C=O) groups is 1. The molecule has 0 heterocycles. The zero-order chi connectivity index (χ0) is 12.2. The number of para-hydroxylation sites is 1. The van der Waals surface area contributed by atoms with E-state index in [1.54, 1.807) is 6.07 Å². The van der Waals surface area contributed by atoms with Crippen molar-refractivity contribution >= 4 is 11.7 Å². The zero-order valence-corrected chi connectivity index (χ0v) is 8.21. The van der Waals surface area contributed by atoms with E-state index in [9.17, 15) is 18.0 Å². The molecule has 1 rings (SSSR count). The van der Waals surface area contributed by atoms with Crippen LogP contribution in [0.2, 0.25) is 0 Å². The predicted molar refractivity (Wildman–Crippen MR) is 52.6 cm³/mol. The number of benzene rings is 1. The molecule has 0 aliphatic heterocycles. The van der Waals surface area contributed by atoms with E-state index in [-0.39, 0.29) is 17.8 Å². The number of carboxylic acid groups (broad SMARTS) is 1. The van der Waals surface area contributed by atoms with Crippen LogP contribution in [0, 0.1) is 0 Å². The van der Waals surface area contributed by atoms with Crippen molar-refractivity contribution in [2.75, 3.05) is 11.9 Å². The minimum atomic E-state index is -4.24. The van der Waals surface area contributed by atoms with Gasteiger partial charge in [-0.15, -0.1) is 0 Å². The van der Waals surface area contributed by atoms with Gasteiger partial charge >= 0.3 is 12.1 Å². The van der Waals surface area contributed by atoms with Crippen molar-refractivity contribution in [2.24, 2.45) is 0 Å². The Labute approximate surface area is 89.9 Å². The van der Waals surface area contributed by atoms with Gasteiger partial charge in [0.2, 0.25) is 0 Å². The Morgan fingerprint density at radius 3 is 2.50 bits per heavy atom. The smallest absolute Gasteiger partial charge is 0.390 e. The molecule has 0 spiro atoms. The van der Waals surface area contributed by atoms with E-state index in [1.165, 1.54) is 18.2 Å². The minimum absolute atomic E-state index is 0.0373. The van der Waals surface area contributed by atoms with Crippen LogP contribution in [-0.4, -0.2) is 23.8 Å². The number of nitrogens with one attached hydrogen (secondary N) is 1. The van der Waals surface area contributed by atoms with Gasteiger partial charge in [0.1, 0.15) is 0 Å². The fourth-order valence-corrected chi connectivity index (χ4v) is 1.16. The molecule has 2 N–H and O–H groups in total. The van der Waals surface area contributed by atoms with Crippen LogP contribution < -0.4 is 5.32 Å². The monoisotopic (exact) mass is 233 g/mol. The highest BCUT2D eigenvalue weighted by molar-refractivity contribution is 5.94. The first kappa shape index (κ1) is 12.4. The van der Waals surface area contributed by atoms with Crippen LogP contribution >= 0.6 is 0 Å². The van der Waals surface area contributed by atoms with Crippen molar-refractivity contribution in [3.05, 3.63) is 29.8 Å². The Hall–Kier alpha value is -1.72. The van der Waals surface area contributed by atoms with Crippen LogP contribution in [0.25, 0.3) is 0 Å². The van der Waals surface area contributed by atoms with E-state index in [4.69, 9.17) is 5.11 Å². The molecule has 0 amide bonds. The third-order valence-corrected chi connectivity index (χ3v) is 1.88. The Balaban J connectivity index is 2.64. The highest BCUT2D eigenvalue weighted by atomic mass is 19.4. The molecule has 0 unspecified atom stereocenters. The van der Waals surface area contributed by atoms with E-state index in [0.29, 0.717) is 0 Å². The number of rotatable bonds is 4. The molecule has 0 radical (unpaired) electrons. The van der Waals surface area contributed by atoms with E-state index in [1.807, 2.05) is 0 Å². The molecule has 0 fully saturated rings. The standard InChI is InChI=1S/C10H10F3NO2/c11-10(12,13)5-6-14-8-4-2-1-3-7(8)9(15)16/h1-4,14H,5-6H2,(H,15,16). The molecule has 0 aliphatic carbocycles. The third kappa shape index (κ3) is 3.80. The summed E-state index contributed by atoms with van der Waals surface area (Å²) in [4.78, 5) is 10.7. The van der Waals surface area contributed by atoms with Gasteiger partial charge in [0.25, 0.3) is 0 Å². The molecule has 0 bridgehead atoms. The van der Waals surface area contributed by atoms with Gasteiger partial charge in [-0.2, -0.15) is 13.2 Å². The maximum Gasteiger partial charge on any atom is 0.390 e. The van der Waals surface area contributed by atoms with E-state index in [2.05, 4.69) is 5.32 Å². The van der Waals surface area contributed by atoms with E-state index < -0.39 is 18.6 Å². The lowest BCUT2D eigenvalue weighted by Gasteiger charge is -2.10. The summed E-state index contributed by atoms with van der Waals surface area (Å²) in [5.41, 5.74) is 0.156. The van der Waals surface area contributed by atoms with E-state index >= 15 is 0 Å². The van der Waals surface area contributed by atoms with Crippen LogP contribution in [0.3, 0.4) is 0 Å². The van der Waals surface area contributed by atoms with Crippen molar-refractivity contribution in [1.29, 1.82) is 0 Å². The fraction of sp³-hybridized carbons (Fsp3) is 0.300. The first-order chi connectivity index (χ1) is 7.40. The van der Waals surface area contributed by atoms with Crippen molar-refractivity contribution in [1.82, 2.24) is 0 Å². The molecule has 0 atom stereocenters. The van der Waals surface area contributed by atoms with Crippen molar-refractivity contribution in [2.45, 2.75) is 12.6 Å². The van der Waals surface area contributed by atoms with Gasteiger partial charge in [0, 0.05) is 12.2 Å². The minimum Gasteiger partial charge on any atom is -0.478 e. The lowest BCUT2D eigenvalue weighted by atomic mass is 10.2. The van der Waals surface area contributed by atoms with Gasteiger partial charge in [-0.05, 0) is 12.1 Å². The lowest BCUT2D eigenvalue weighted by molar-refractivity contribution is -0.131. The summed E-state index contributed by atoms with van der Waals surface area (Å²) in [5, 5.41) is 11.2. The average Bonchev–Trinajstić information content (AvgIpc) is 2.16. The second-order valence-corrected chi connectivity index (χ2v) is 3.14. The van der Waals surface area contributed by atoms with Crippen molar-refractivity contribution in [3.63, 3.8) is 0 Å². The summed E-state index contributed by atoms with van der Waals surface area (Å²) in [6, 6.07) is 5.83. The largest absolute Gasteiger partial charge is 0.478 e. The Morgan fingerprint density at radius 1 is 1.31 bits per heavy atom. The van der Waals surface area contributed by atoms with Gasteiger partial charge in [-0.25, -0.2) is 4.79 Å². The summed E-state index contributed by atoms with van der Waals surface area (Å²) in [6.45, 7) is -0.339. The first-order valence-corrected chi connectivity index (χ1v) is 4.53. The molecule has 16 heavy (non-hydrogen) atoms. The Bertz CT molecular complexity index is 377. The lowest BCUT2D eigenvalue weighted by Crippen LogP contribution is -2.15. The fourth-order valence-electron chi connectivity index (χ4n) is 1.16. The van der Waals surface area contributed by atoms with Crippen LogP contribution in [0.5, 0.6) is 0 Å².